The molecule has 0 saturated carbocycles. The van der Waals surface area contributed by atoms with Gasteiger partial charge in [0.2, 0.25) is 5.91 Å². The van der Waals surface area contributed by atoms with Crippen molar-refractivity contribution in [1.82, 2.24) is 5.32 Å². The molecule has 0 aliphatic heterocycles. The van der Waals surface area contributed by atoms with Crippen LogP contribution in [-0.4, -0.2) is 74.1 Å². The number of amides is 1. The van der Waals surface area contributed by atoms with Crippen molar-refractivity contribution in [3.8, 4) is 0 Å². The van der Waals surface area contributed by atoms with Crippen LogP contribution < -0.4 is 5.32 Å². The van der Waals surface area contributed by atoms with E-state index in [0.29, 0.717) is 0 Å². The number of rotatable bonds is 9. The van der Waals surface area contributed by atoms with Gasteiger partial charge in [-0.05, 0) is 20.8 Å². The van der Waals surface area contributed by atoms with Gasteiger partial charge in [-0.2, -0.15) is 0 Å². The molecule has 5 N–H and O–H groups in total. The van der Waals surface area contributed by atoms with E-state index in [-0.39, 0.29) is 0 Å². The van der Waals surface area contributed by atoms with Gasteiger partial charge >= 0.3 is 0 Å². The zero-order valence-corrected chi connectivity index (χ0v) is 13.4. The molecule has 1 amide bonds. The highest BCUT2D eigenvalue weighted by atomic mass is 16.4. The minimum atomic E-state index is -2.46. The molecule has 0 aliphatic carbocycles. The van der Waals surface area contributed by atoms with Crippen LogP contribution in [0.2, 0.25) is 0 Å². The largest absolute Gasteiger partial charge is 0.394 e. The van der Waals surface area contributed by atoms with Gasteiger partial charge in [0.15, 0.2) is 5.78 Å². The van der Waals surface area contributed by atoms with Gasteiger partial charge < -0.3 is 25.7 Å². The number of nitrogens with one attached hydrogen (secondary N) is 1. The zero-order valence-electron chi connectivity index (χ0n) is 13.4. The molecular weight excluding hydrogens is 310 g/mol. The SMILES string of the molecule is CC(=O)N[C@@](C(C)=O)(C(C(C)=O)C(C)=O)[C@@H](O)[C@H](O)[C@H](O)CO. The smallest absolute Gasteiger partial charge is 0.217 e. The monoisotopic (exact) mass is 333 g/mol. The Labute approximate surface area is 133 Å². The Balaban J connectivity index is 6.34. The van der Waals surface area contributed by atoms with Crippen molar-refractivity contribution >= 4 is 23.3 Å². The maximum absolute atomic E-state index is 12.2. The molecule has 0 aromatic rings. The molecule has 132 valence electrons. The van der Waals surface area contributed by atoms with Gasteiger partial charge in [0.1, 0.15) is 41.3 Å². The van der Waals surface area contributed by atoms with E-state index in [4.69, 9.17) is 5.11 Å². The number of Topliss-reactive ketones (excluding diaryl/α,β-unsaturated/α-hetero) is 3. The van der Waals surface area contributed by atoms with Crippen molar-refractivity contribution in [3.63, 3.8) is 0 Å². The molecule has 0 saturated heterocycles. The van der Waals surface area contributed by atoms with Crippen LogP contribution in [0.3, 0.4) is 0 Å². The van der Waals surface area contributed by atoms with Gasteiger partial charge in [-0.3, -0.25) is 19.2 Å². The summed E-state index contributed by atoms with van der Waals surface area (Å²) >= 11 is 0. The topological polar surface area (TPSA) is 161 Å². The average Bonchev–Trinajstić information content (AvgIpc) is 2.42. The lowest BCUT2D eigenvalue weighted by molar-refractivity contribution is -0.160. The molecule has 4 atom stereocenters. The summed E-state index contributed by atoms with van der Waals surface area (Å²) in [5.41, 5.74) is -2.46. The van der Waals surface area contributed by atoms with Gasteiger partial charge in [-0.15, -0.1) is 0 Å². The van der Waals surface area contributed by atoms with Crippen molar-refractivity contribution < 1.29 is 39.6 Å². The predicted molar refractivity (Wildman–Crippen MR) is 77.2 cm³/mol. The molecule has 0 aliphatic rings. The Hall–Kier alpha value is -1.68. The fraction of sp³-hybridized carbons (Fsp3) is 0.714. The number of carbonyl (C=O) groups is 4. The molecule has 23 heavy (non-hydrogen) atoms. The standard InChI is InChI=1S/C14H23NO8/c1-6(17)11(7(2)18)14(8(3)19,15-9(4)20)13(23)12(22)10(21)5-16/h10-13,16,21-23H,5H2,1-4H3,(H,15,20)/t10-,12-,13+,14+/m1/s1. The Morgan fingerprint density at radius 2 is 1.39 bits per heavy atom. The first kappa shape index (κ1) is 21.3. The van der Waals surface area contributed by atoms with Crippen LogP contribution in [0.15, 0.2) is 0 Å². The van der Waals surface area contributed by atoms with Crippen molar-refractivity contribution in [2.75, 3.05) is 6.61 Å². The molecule has 0 fully saturated rings. The summed E-state index contributed by atoms with van der Waals surface area (Å²) in [5.74, 6) is -5.19. The van der Waals surface area contributed by atoms with Gasteiger partial charge in [0.05, 0.1) is 6.61 Å². The Bertz CT molecular complexity index is 477. The zero-order chi connectivity index (χ0) is 18.5. The summed E-state index contributed by atoms with van der Waals surface area (Å²) in [7, 11) is 0. The Kier molecular flexibility index (Phi) is 7.65. The summed E-state index contributed by atoms with van der Waals surface area (Å²) in [5, 5.41) is 40.7. The molecule has 0 heterocycles. The fourth-order valence-corrected chi connectivity index (χ4v) is 2.62. The van der Waals surface area contributed by atoms with Crippen molar-refractivity contribution in [3.05, 3.63) is 0 Å². The first-order valence-electron chi connectivity index (χ1n) is 6.89. The summed E-state index contributed by atoms with van der Waals surface area (Å²) in [6, 6.07) is 0. The number of hydrogen-bond donors (Lipinski definition) is 5. The van der Waals surface area contributed by atoms with Gasteiger partial charge in [0, 0.05) is 6.92 Å². The van der Waals surface area contributed by atoms with Gasteiger partial charge in [-0.1, -0.05) is 0 Å². The normalized spacial score (nSPS) is 17.8. The van der Waals surface area contributed by atoms with Crippen LogP contribution in [0.1, 0.15) is 27.7 Å². The van der Waals surface area contributed by atoms with Crippen molar-refractivity contribution in [2.45, 2.75) is 51.5 Å². The molecule has 0 aromatic heterocycles. The second kappa shape index (κ2) is 8.25. The summed E-state index contributed by atoms with van der Waals surface area (Å²) in [6.07, 6.45) is -6.14. The number of aliphatic hydroxyl groups excluding tert-OH is 4. The van der Waals surface area contributed by atoms with Crippen molar-refractivity contribution in [1.29, 1.82) is 0 Å². The van der Waals surface area contributed by atoms with E-state index >= 15 is 0 Å². The third-order valence-electron chi connectivity index (χ3n) is 3.61. The number of carbonyl (C=O) groups excluding carboxylic acids is 4. The molecule has 9 heteroatoms. The lowest BCUT2D eigenvalue weighted by Crippen LogP contribution is -2.71. The second-order valence-corrected chi connectivity index (χ2v) is 5.45. The van der Waals surface area contributed by atoms with Crippen molar-refractivity contribution in [2.24, 2.45) is 5.92 Å². The van der Waals surface area contributed by atoms with E-state index in [1.165, 1.54) is 0 Å². The molecule has 0 spiro atoms. The van der Waals surface area contributed by atoms with E-state index in [9.17, 15) is 34.5 Å². The maximum Gasteiger partial charge on any atom is 0.217 e. The number of hydrogen-bond acceptors (Lipinski definition) is 8. The van der Waals surface area contributed by atoms with E-state index < -0.39 is 59.6 Å². The second-order valence-electron chi connectivity index (χ2n) is 5.45. The fourth-order valence-electron chi connectivity index (χ4n) is 2.62. The van der Waals surface area contributed by atoms with Gasteiger partial charge in [0.25, 0.3) is 0 Å². The average molecular weight is 333 g/mol. The maximum atomic E-state index is 12.2. The van der Waals surface area contributed by atoms with E-state index in [1.807, 2.05) is 0 Å². The Morgan fingerprint density at radius 3 is 1.65 bits per heavy atom. The lowest BCUT2D eigenvalue weighted by Gasteiger charge is -2.42. The molecule has 0 radical (unpaired) electrons. The minimum absolute atomic E-state index is 0.814. The van der Waals surface area contributed by atoms with Crippen LogP contribution in [0.25, 0.3) is 0 Å². The highest BCUT2D eigenvalue weighted by molar-refractivity contribution is 6.09. The quantitative estimate of drug-likeness (QED) is 0.285. The first-order valence-corrected chi connectivity index (χ1v) is 6.89. The first-order chi connectivity index (χ1) is 10.4. The predicted octanol–water partition coefficient (Wildman–Crippen LogP) is -2.68. The summed E-state index contributed by atoms with van der Waals surface area (Å²) in [6.45, 7) is 2.96. The molecule has 0 unspecified atom stereocenters. The van der Waals surface area contributed by atoms with Crippen LogP contribution in [-0.2, 0) is 19.2 Å². The summed E-state index contributed by atoms with van der Waals surface area (Å²) in [4.78, 5) is 47.4. The molecule has 0 rings (SSSR count). The summed E-state index contributed by atoms with van der Waals surface area (Å²) < 4.78 is 0. The minimum Gasteiger partial charge on any atom is -0.394 e. The third kappa shape index (κ3) is 4.41. The van der Waals surface area contributed by atoms with Gasteiger partial charge in [-0.25, -0.2) is 0 Å². The van der Waals surface area contributed by atoms with E-state index in [0.717, 1.165) is 27.7 Å². The van der Waals surface area contributed by atoms with Crippen LogP contribution >= 0.6 is 0 Å². The van der Waals surface area contributed by atoms with Crippen LogP contribution in [0.4, 0.5) is 0 Å². The molecule has 9 nitrogen and oxygen atoms in total. The van der Waals surface area contributed by atoms with E-state index in [1.54, 1.807) is 0 Å². The van der Waals surface area contributed by atoms with Crippen LogP contribution in [0, 0.1) is 5.92 Å². The van der Waals surface area contributed by atoms with Crippen LogP contribution in [0.5, 0.6) is 0 Å². The number of aliphatic hydroxyl groups is 4. The van der Waals surface area contributed by atoms with E-state index in [2.05, 4.69) is 5.32 Å². The molecular formula is C14H23NO8. The molecule has 0 aromatic carbocycles. The number of ketones is 3. The Morgan fingerprint density at radius 1 is 0.957 bits per heavy atom. The third-order valence-corrected chi connectivity index (χ3v) is 3.61. The molecule has 0 bridgehead atoms. The highest BCUT2D eigenvalue weighted by Crippen LogP contribution is 2.29. The lowest BCUT2D eigenvalue weighted by atomic mass is 9.70. The highest BCUT2D eigenvalue weighted by Gasteiger charge is 2.56.